The van der Waals surface area contributed by atoms with E-state index in [9.17, 15) is 23.8 Å². The van der Waals surface area contributed by atoms with E-state index in [1.807, 2.05) is 6.92 Å². The minimum atomic E-state index is -3.95. The summed E-state index contributed by atoms with van der Waals surface area (Å²) in [6, 6.07) is 20.2. The summed E-state index contributed by atoms with van der Waals surface area (Å²) in [7, 11) is -3.95. The van der Waals surface area contributed by atoms with Gasteiger partial charge in [0.15, 0.2) is 0 Å². The van der Waals surface area contributed by atoms with E-state index in [2.05, 4.69) is 6.07 Å². The van der Waals surface area contributed by atoms with E-state index in [0.717, 1.165) is 5.56 Å². The fraction of sp³-hybridized carbons (Fsp3) is 0.0455. The molecule has 0 aliphatic carbocycles. The largest absolute Gasteiger partial charge is 0.379 e. The van der Waals surface area contributed by atoms with Crippen molar-refractivity contribution in [3.05, 3.63) is 99.6 Å². The molecule has 0 aromatic heterocycles. The van der Waals surface area contributed by atoms with Gasteiger partial charge in [0.25, 0.3) is 5.69 Å². The Labute approximate surface area is 173 Å². The van der Waals surface area contributed by atoms with E-state index in [4.69, 9.17) is 4.18 Å². The van der Waals surface area contributed by atoms with E-state index in [1.54, 1.807) is 30.3 Å². The second kappa shape index (κ2) is 8.59. The molecule has 30 heavy (non-hydrogen) atoms. The van der Waals surface area contributed by atoms with Crippen molar-refractivity contribution in [1.29, 1.82) is 5.26 Å². The number of aryl methyl sites for hydroxylation is 1. The summed E-state index contributed by atoms with van der Waals surface area (Å²) in [6.45, 7) is 1.86. The van der Waals surface area contributed by atoms with Gasteiger partial charge in [-0.1, -0.05) is 29.8 Å². The summed E-state index contributed by atoms with van der Waals surface area (Å²) in [6.07, 6.45) is 1.60. The Morgan fingerprint density at radius 3 is 2.13 bits per heavy atom. The van der Waals surface area contributed by atoms with Crippen molar-refractivity contribution >= 4 is 27.5 Å². The smallest absolute Gasteiger partial charge is 0.339 e. The van der Waals surface area contributed by atoms with Crippen molar-refractivity contribution in [1.82, 2.24) is 0 Å². The average molecular weight is 420 g/mol. The van der Waals surface area contributed by atoms with Crippen LogP contribution >= 0.6 is 0 Å². The van der Waals surface area contributed by atoms with Gasteiger partial charge in [0.1, 0.15) is 10.6 Å². The van der Waals surface area contributed by atoms with Gasteiger partial charge in [0, 0.05) is 12.1 Å². The van der Waals surface area contributed by atoms with Crippen molar-refractivity contribution < 1.29 is 17.5 Å². The third kappa shape index (κ3) is 4.90. The monoisotopic (exact) mass is 420 g/mol. The Morgan fingerprint density at radius 2 is 1.60 bits per heavy atom. The lowest BCUT2D eigenvalue weighted by Crippen LogP contribution is -2.09. The first kappa shape index (κ1) is 20.8. The second-order valence-corrected chi connectivity index (χ2v) is 7.94. The molecule has 7 nitrogen and oxygen atoms in total. The second-order valence-electron chi connectivity index (χ2n) is 6.39. The van der Waals surface area contributed by atoms with Gasteiger partial charge in [-0.3, -0.25) is 10.1 Å². The average Bonchev–Trinajstić information content (AvgIpc) is 2.73. The molecule has 0 saturated heterocycles. The van der Waals surface area contributed by atoms with E-state index in [1.165, 1.54) is 48.5 Å². The molecule has 0 aliphatic heterocycles. The maximum absolute atomic E-state index is 12.4. The Balaban J connectivity index is 1.79. The number of nitro groups is 1. The maximum atomic E-state index is 12.4. The van der Waals surface area contributed by atoms with Gasteiger partial charge in [-0.25, -0.2) is 0 Å². The molecule has 0 amide bonds. The molecule has 0 heterocycles. The summed E-state index contributed by atoms with van der Waals surface area (Å²) < 4.78 is 29.9. The summed E-state index contributed by atoms with van der Waals surface area (Å²) in [5, 5.41) is 20.2. The first-order chi connectivity index (χ1) is 14.3. The van der Waals surface area contributed by atoms with Crippen molar-refractivity contribution in [2.45, 2.75) is 11.8 Å². The van der Waals surface area contributed by atoms with Crippen LogP contribution in [0.3, 0.4) is 0 Å². The Morgan fingerprint density at radius 1 is 1.00 bits per heavy atom. The van der Waals surface area contributed by atoms with Crippen LogP contribution in [0.2, 0.25) is 0 Å². The maximum Gasteiger partial charge on any atom is 0.339 e. The molecule has 0 radical (unpaired) electrons. The molecular weight excluding hydrogens is 404 g/mol. The van der Waals surface area contributed by atoms with E-state index in [-0.39, 0.29) is 16.3 Å². The lowest BCUT2D eigenvalue weighted by Gasteiger charge is -2.07. The van der Waals surface area contributed by atoms with Crippen LogP contribution in [0.1, 0.15) is 16.7 Å². The SMILES string of the molecule is Cc1ccc(S(=O)(=O)Oc2ccc(/C=C(\C#N)c3ccc([N+](=O)[O-])cc3)cc2)cc1. The van der Waals surface area contributed by atoms with Gasteiger partial charge in [0.2, 0.25) is 0 Å². The molecule has 150 valence electrons. The Kier molecular flexibility index (Phi) is 5.95. The molecule has 0 bridgehead atoms. The van der Waals surface area contributed by atoms with Crippen LogP contribution in [0.4, 0.5) is 5.69 Å². The molecule has 0 N–H and O–H groups in total. The minimum Gasteiger partial charge on any atom is -0.379 e. The molecule has 0 fully saturated rings. The van der Waals surface area contributed by atoms with E-state index in [0.29, 0.717) is 16.7 Å². The van der Waals surface area contributed by atoms with Crippen molar-refractivity contribution in [2.75, 3.05) is 0 Å². The van der Waals surface area contributed by atoms with Crippen LogP contribution in [0, 0.1) is 28.4 Å². The Hall–Kier alpha value is -3.96. The fourth-order valence-corrected chi connectivity index (χ4v) is 3.54. The standard InChI is InChI=1S/C22H16N2O5S/c1-16-2-12-22(13-3-16)30(27,28)29-21-10-4-17(5-11-21)14-19(15-23)18-6-8-20(9-7-18)24(25)26/h2-14H,1H3/b19-14+. The molecule has 3 aromatic rings. The molecule has 0 aliphatic rings. The minimum absolute atomic E-state index is 0.0574. The van der Waals surface area contributed by atoms with Gasteiger partial charge in [-0.15, -0.1) is 0 Å². The highest BCUT2D eigenvalue weighted by atomic mass is 32.2. The van der Waals surface area contributed by atoms with Crippen LogP contribution in [-0.2, 0) is 10.1 Å². The number of hydrogen-bond donors (Lipinski definition) is 0. The zero-order chi connectivity index (χ0) is 21.7. The Bertz CT molecular complexity index is 1240. The normalized spacial score (nSPS) is 11.5. The highest BCUT2D eigenvalue weighted by Crippen LogP contribution is 2.23. The lowest BCUT2D eigenvalue weighted by atomic mass is 10.0. The van der Waals surface area contributed by atoms with Gasteiger partial charge in [0.05, 0.1) is 16.6 Å². The number of nitro benzene ring substituents is 1. The highest BCUT2D eigenvalue weighted by molar-refractivity contribution is 7.87. The van der Waals surface area contributed by atoms with Crippen molar-refractivity contribution in [3.8, 4) is 11.8 Å². The number of rotatable bonds is 6. The number of allylic oxidation sites excluding steroid dienone is 1. The summed E-state index contributed by atoms with van der Waals surface area (Å²) >= 11 is 0. The molecule has 0 atom stereocenters. The van der Waals surface area contributed by atoms with Gasteiger partial charge in [-0.2, -0.15) is 13.7 Å². The first-order valence-corrected chi connectivity index (χ1v) is 10.2. The zero-order valence-corrected chi connectivity index (χ0v) is 16.7. The summed E-state index contributed by atoms with van der Waals surface area (Å²) in [5.41, 5.74) is 2.36. The van der Waals surface area contributed by atoms with Crippen LogP contribution < -0.4 is 4.18 Å². The molecule has 3 aromatic carbocycles. The topological polar surface area (TPSA) is 110 Å². The predicted molar refractivity (Wildman–Crippen MR) is 112 cm³/mol. The molecule has 0 unspecified atom stereocenters. The lowest BCUT2D eigenvalue weighted by molar-refractivity contribution is -0.384. The molecule has 8 heteroatoms. The number of hydrogen-bond acceptors (Lipinski definition) is 6. The molecule has 0 spiro atoms. The molecule has 0 saturated carbocycles. The third-order valence-electron chi connectivity index (χ3n) is 4.22. The number of non-ortho nitro benzene ring substituents is 1. The number of nitrogens with zero attached hydrogens (tertiary/aromatic N) is 2. The van der Waals surface area contributed by atoms with E-state index >= 15 is 0 Å². The van der Waals surface area contributed by atoms with Gasteiger partial charge in [-0.05, 0) is 60.5 Å². The first-order valence-electron chi connectivity index (χ1n) is 8.76. The zero-order valence-electron chi connectivity index (χ0n) is 15.8. The third-order valence-corrected chi connectivity index (χ3v) is 5.48. The van der Waals surface area contributed by atoms with Crippen LogP contribution in [0.15, 0.2) is 77.7 Å². The predicted octanol–water partition coefficient (Wildman–Crippen LogP) is 4.74. The quantitative estimate of drug-likeness (QED) is 0.187. The highest BCUT2D eigenvalue weighted by Gasteiger charge is 2.16. The van der Waals surface area contributed by atoms with Gasteiger partial charge >= 0.3 is 10.1 Å². The van der Waals surface area contributed by atoms with E-state index < -0.39 is 15.0 Å². The number of benzene rings is 3. The summed E-state index contributed by atoms with van der Waals surface area (Å²) in [5.74, 6) is 0.140. The summed E-state index contributed by atoms with van der Waals surface area (Å²) in [4.78, 5) is 10.3. The van der Waals surface area contributed by atoms with Crippen LogP contribution in [-0.4, -0.2) is 13.3 Å². The van der Waals surface area contributed by atoms with Crippen LogP contribution in [0.25, 0.3) is 11.6 Å². The fourth-order valence-electron chi connectivity index (χ4n) is 2.61. The van der Waals surface area contributed by atoms with Gasteiger partial charge < -0.3 is 4.18 Å². The van der Waals surface area contributed by atoms with Crippen LogP contribution in [0.5, 0.6) is 5.75 Å². The molecular formula is C22H16N2O5S. The van der Waals surface area contributed by atoms with Crippen molar-refractivity contribution in [2.24, 2.45) is 0 Å². The molecule has 3 rings (SSSR count). The number of nitriles is 1. The van der Waals surface area contributed by atoms with Crippen molar-refractivity contribution in [3.63, 3.8) is 0 Å².